The molecule has 0 radical (unpaired) electrons. The van der Waals surface area contributed by atoms with E-state index in [0.29, 0.717) is 17.6 Å². The lowest BCUT2D eigenvalue weighted by atomic mass is 9.44. The molecule has 9 atom stereocenters. The number of methoxy groups -OCH3 is 1. The number of fused-ring (bicyclic) bond motifs is 2. The molecule has 1 aromatic rings. The van der Waals surface area contributed by atoms with Crippen LogP contribution in [-0.4, -0.2) is 29.0 Å². The highest BCUT2D eigenvalue weighted by Gasteiger charge is 2.86. The van der Waals surface area contributed by atoms with Crippen LogP contribution in [0.2, 0.25) is 0 Å². The molecule has 0 aromatic heterocycles. The Morgan fingerprint density at radius 3 is 2.53 bits per heavy atom. The maximum absolute atomic E-state index is 12.3. The van der Waals surface area contributed by atoms with Gasteiger partial charge in [0.25, 0.3) is 0 Å². The van der Waals surface area contributed by atoms with Crippen LogP contribution >= 0.6 is 0 Å². The lowest BCUT2D eigenvalue weighted by Crippen LogP contribution is -2.64. The molecule has 4 bridgehead atoms. The summed E-state index contributed by atoms with van der Waals surface area (Å²) in [6.45, 7) is 4.86. The van der Waals surface area contributed by atoms with Crippen molar-refractivity contribution in [3.63, 3.8) is 0 Å². The third kappa shape index (κ3) is 1.88. The standard InChI is InChI=1S/C27H36O3/c1-24-19-10-12-26(11-9-18(16-26)13-17-7-5-4-6-8-17)25(24,2)20(14-19)23-21(28)15-22(30-3)27(23,24)29/h4-8,15,18-20,22-23,28-29H,9-14,16H2,1-3H3. The van der Waals surface area contributed by atoms with Gasteiger partial charge in [0.2, 0.25) is 0 Å². The fraction of sp³-hybridized carbons (Fsp3) is 0.704. The third-order valence-electron chi connectivity index (χ3n) is 11.4. The number of rotatable bonds is 3. The van der Waals surface area contributed by atoms with E-state index in [1.807, 2.05) is 0 Å². The normalized spacial score (nSPS) is 53.3. The van der Waals surface area contributed by atoms with Crippen molar-refractivity contribution in [3.05, 3.63) is 47.7 Å². The van der Waals surface area contributed by atoms with E-state index in [0.717, 1.165) is 12.3 Å². The van der Waals surface area contributed by atoms with Crippen molar-refractivity contribution in [2.24, 2.45) is 39.9 Å². The Labute approximate surface area is 180 Å². The first-order valence-electron chi connectivity index (χ1n) is 12.0. The summed E-state index contributed by atoms with van der Waals surface area (Å²) in [5.74, 6) is 1.84. The number of aliphatic hydroxyl groups is 2. The molecule has 0 amide bonds. The van der Waals surface area contributed by atoms with Gasteiger partial charge in [-0.15, -0.1) is 0 Å². The summed E-state index contributed by atoms with van der Waals surface area (Å²) in [5.41, 5.74) is 0.592. The van der Waals surface area contributed by atoms with Gasteiger partial charge in [-0.3, -0.25) is 0 Å². The Hall–Kier alpha value is -1.32. The molecule has 0 saturated heterocycles. The van der Waals surface area contributed by atoms with E-state index < -0.39 is 11.7 Å². The molecule has 0 aliphatic heterocycles. The lowest BCUT2D eigenvalue weighted by Gasteiger charge is -2.61. The monoisotopic (exact) mass is 408 g/mol. The van der Waals surface area contributed by atoms with Crippen LogP contribution in [0.25, 0.3) is 0 Å². The van der Waals surface area contributed by atoms with E-state index in [-0.39, 0.29) is 22.2 Å². The number of aliphatic hydroxyl groups excluding tert-OH is 1. The molecular formula is C27H36O3. The van der Waals surface area contributed by atoms with Crippen LogP contribution in [-0.2, 0) is 11.2 Å². The fourth-order valence-corrected chi connectivity index (χ4v) is 10.1. The minimum atomic E-state index is -0.973. The van der Waals surface area contributed by atoms with Gasteiger partial charge in [-0.2, -0.15) is 0 Å². The zero-order valence-corrected chi connectivity index (χ0v) is 18.6. The van der Waals surface area contributed by atoms with Crippen molar-refractivity contribution < 1.29 is 14.9 Å². The van der Waals surface area contributed by atoms with Gasteiger partial charge in [-0.05, 0) is 85.2 Å². The quantitative estimate of drug-likeness (QED) is 0.714. The first-order valence-corrected chi connectivity index (χ1v) is 12.0. The fourth-order valence-electron chi connectivity index (χ4n) is 10.1. The largest absolute Gasteiger partial charge is 0.512 e. The molecule has 30 heavy (non-hydrogen) atoms. The highest BCUT2D eigenvalue weighted by atomic mass is 16.5. The molecule has 0 heterocycles. The summed E-state index contributed by atoms with van der Waals surface area (Å²) in [7, 11) is 1.68. The predicted molar refractivity (Wildman–Crippen MR) is 117 cm³/mol. The summed E-state index contributed by atoms with van der Waals surface area (Å²) < 4.78 is 5.79. The van der Waals surface area contributed by atoms with E-state index in [4.69, 9.17) is 4.74 Å². The zero-order valence-electron chi connectivity index (χ0n) is 18.6. The maximum Gasteiger partial charge on any atom is 0.111 e. The molecule has 1 aromatic carbocycles. The van der Waals surface area contributed by atoms with Crippen molar-refractivity contribution in [1.82, 2.24) is 0 Å². The zero-order chi connectivity index (χ0) is 20.9. The third-order valence-corrected chi connectivity index (χ3v) is 11.4. The van der Waals surface area contributed by atoms with Gasteiger partial charge in [0, 0.05) is 12.5 Å². The van der Waals surface area contributed by atoms with E-state index in [1.54, 1.807) is 13.2 Å². The molecule has 4 fully saturated rings. The molecular weight excluding hydrogens is 372 g/mol. The van der Waals surface area contributed by atoms with Crippen molar-refractivity contribution in [1.29, 1.82) is 0 Å². The van der Waals surface area contributed by atoms with E-state index in [1.165, 1.54) is 44.1 Å². The summed E-state index contributed by atoms with van der Waals surface area (Å²) >= 11 is 0. The van der Waals surface area contributed by atoms with E-state index in [9.17, 15) is 10.2 Å². The second kappa shape index (κ2) is 5.92. The number of ether oxygens (including phenoxy) is 1. The van der Waals surface area contributed by atoms with Crippen LogP contribution < -0.4 is 0 Å². The van der Waals surface area contributed by atoms with Crippen LogP contribution in [0.15, 0.2) is 42.2 Å². The second-order valence-electron chi connectivity index (χ2n) is 11.6. The highest BCUT2D eigenvalue weighted by Crippen LogP contribution is 2.86. The number of hydrogen-bond acceptors (Lipinski definition) is 3. The lowest BCUT2D eigenvalue weighted by molar-refractivity contribution is -0.218. The minimum Gasteiger partial charge on any atom is -0.512 e. The van der Waals surface area contributed by atoms with Crippen LogP contribution in [0.5, 0.6) is 0 Å². The van der Waals surface area contributed by atoms with Gasteiger partial charge < -0.3 is 14.9 Å². The maximum atomic E-state index is 12.3. The van der Waals surface area contributed by atoms with Gasteiger partial charge in [-0.1, -0.05) is 44.2 Å². The molecule has 2 N–H and O–H groups in total. The van der Waals surface area contributed by atoms with Crippen molar-refractivity contribution in [3.8, 4) is 0 Å². The Balaban J connectivity index is 1.40. The van der Waals surface area contributed by atoms with Gasteiger partial charge in [0.05, 0.1) is 11.7 Å². The topological polar surface area (TPSA) is 49.7 Å². The van der Waals surface area contributed by atoms with Gasteiger partial charge >= 0.3 is 0 Å². The minimum absolute atomic E-state index is 0.0484. The van der Waals surface area contributed by atoms with E-state index in [2.05, 4.69) is 44.2 Å². The molecule has 6 rings (SSSR count). The van der Waals surface area contributed by atoms with Crippen LogP contribution in [0.4, 0.5) is 0 Å². The SMILES string of the molecule is COC1C=C(O)C2C3CC4CCC5(CCC(Cc6ccccc6)C5)C3(C)C4(C)C12O. The Morgan fingerprint density at radius 1 is 1.07 bits per heavy atom. The smallest absolute Gasteiger partial charge is 0.111 e. The number of hydrogen-bond donors (Lipinski definition) is 2. The summed E-state index contributed by atoms with van der Waals surface area (Å²) in [6.07, 6.45) is 10.1. The molecule has 162 valence electrons. The van der Waals surface area contributed by atoms with Crippen LogP contribution in [0.1, 0.15) is 57.9 Å². The first kappa shape index (κ1) is 19.4. The molecule has 3 nitrogen and oxygen atoms in total. The molecule has 5 aliphatic carbocycles. The first-order chi connectivity index (χ1) is 14.3. The average Bonchev–Trinajstić information content (AvgIpc) is 3.35. The summed E-state index contributed by atoms with van der Waals surface area (Å²) in [4.78, 5) is 0. The molecule has 3 heteroatoms. The van der Waals surface area contributed by atoms with Gasteiger partial charge in [0.1, 0.15) is 11.7 Å². The van der Waals surface area contributed by atoms with Crippen molar-refractivity contribution in [2.75, 3.05) is 7.11 Å². The van der Waals surface area contributed by atoms with Crippen molar-refractivity contribution >= 4 is 0 Å². The molecule has 9 unspecified atom stereocenters. The molecule has 1 spiro atoms. The highest BCUT2D eigenvalue weighted by molar-refractivity contribution is 5.41. The summed E-state index contributed by atoms with van der Waals surface area (Å²) in [6, 6.07) is 10.9. The van der Waals surface area contributed by atoms with Gasteiger partial charge in [-0.25, -0.2) is 0 Å². The number of benzene rings is 1. The Morgan fingerprint density at radius 2 is 1.80 bits per heavy atom. The average molecular weight is 409 g/mol. The van der Waals surface area contributed by atoms with Gasteiger partial charge in [0.15, 0.2) is 0 Å². The van der Waals surface area contributed by atoms with Crippen LogP contribution in [0, 0.1) is 39.9 Å². The predicted octanol–water partition coefficient (Wildman–Crippen LogP) is 5.29. The Bertz CT molecular complexity index is 895. The van der Waals surface area contributed by atoms with Crippen LogP contribution in [0.3, 0.4) is 0 Å². The molecule has 4 saturated carbocycles. The summed E-state index contributed by atoms with van der Waals surface area (Å²) in [5, 5.41) is 23.2. The second-order valence-corrected chi connectivity index (χ2v) is 11.6. The molecule has 5 aliphatic rings. The Kier molecular flexibility index (Phi) is 3.82. The van der Waals surface area contributed by atoms with E-state index >= 15 is 0 Å². The van der Waals surface area contributed by atoms with Crippen molar-refractivity contribution in [2.45, 2.75) is 70.5 Å².